The Morgan fingerprint density at radius 1 is 1.26 bits per heavy atom. The highest BCUT2D eigenvalue weighted by molar-refractivity contribution is 6.29. The van der Waals surface area contributed by atoms with E-state index in [0.717, 1.165) is 6.07 Å². The minimum atomic E-state index is -0.996. The molecule has 0 saturated carbocycles. The molecule has 0 aliphatic heterocycles. The smallest absolute Gasteiger partial charge is 0.258 e. The van der Waals surface area contributed by atoms with Gasteiger partial charge < -0.3 is 11.1 Å². The number of amides is 1. The van der Waals surface area contributed by atoms with Crippen LogP contribution in [0.4, 0.5) is 20.2 Å². The second-order valence-electron chi connectivity index (χ2n) is 3.67. The molecule has 98 valence electrons. The van der Waals surface area contributed by atoms with Gasteiger partial charge in [-0.1, -0.05) is 11.6 Å². The minimum Gasteiger partial charge on any atom is -0.396 e. The zero-order valence-corrected chi connectivity index (χ0v) is 10.2. The maximum absolute atomic E-state index is 13.5. The van der Waals surface area contributed by atoms with Crippen LogP contribution in [0.1, 0.15) is 10.4 Å². The Morgan fingerprint density at radius 2 is 2.00 bits per heavy atom. The van der Waals surface area contributed by atoms with Crippen molar-refractivity contribution in [2.75, 3.05) is 11.1 Å². The van der Waals surface area contributed by atoms with Gasteiger partial charge in [-0.25, -0.2) is 13.8 Å². The number of hydrogen-bond acceptors (Lipinski definition) is 3. The summed E-state index contributed by atoms with van der Waals surface area (Å²) in [6.45, 7) is 0. The van der Waals surface area contributed by atoms with Crippen LogP contribution >= 0.6 is 11.6 Å². The van der Waals surface area contributed by atoms with Gasteiger partial charge in [0.05, 0.1) is 11.3 Å². The van der Waals surface area contributed by atoms with Gasteiger partial charge in [-0.15, -0.1) is 0 Å². The third-order valence-electron chi connectivity index (χ3n) is 2.32. The van der Waals surface area contributed by atoms with Crippen LogP contribution in [-0.2, 0) is 0 Å². The molecular weight excluding hydrogens is 276 g/mol. The SMILES string of the molecule is Nc1cc(C(=O)Nc2ccnc(Cl)c2)c(F)cc1F. The number of nitrogens with one attached hydrogen (secondary N) is 1. The van der Waals surface area contributed by atoms with Crippen molar-refractivity contribution < 1.29 is 13.6 Å². The summed E-state index contributed by atoms with van der Waals surface area (Å²) >= 11 is 5.65. The monoisotopic (exact) mass is 283 g/mol. The number of nitrogens with two attached hydrogens (primary N) is 1. The molecule has 3 N–H and O–H groups in total. The molecule has 4 nitrogen and oxygen atoms in total. The summed E-state index contributed by atoms with van der Waals surface area (Å²) < 4.78 is 26.4. The third-order valence-corrected chi connectivity index (χ3v) is 2.52. The number of aromatic nitrogens is 1. The largest absolute Gasteiger partial charge is 0.396 e. The highest BCUT2D eigenvalue weighted by atomic mass is 35.5. The van der Waals surface area contributed by atoms with Crippen molar-refractivity contribution in [1.29, 1.82) is 0 Å². The number of carbonyl (C=O) groups excluding carboxylic acids is 1. The highest BCUT2D eigenvalue weighted by Gasteiger charge is 2.15. The van der Waals surface area contributed by atoms with Crippen molar-refractivity contribution in [2.45, 2.75) is 0 Å². The Balaban J connectivity index is 2.28. The predicted molar refractivity (Wildman–Crippen MR) is 68.0 cm³/mol. The summed E-state index contributed by atoms with van der Waals surface area (Å²) in [6, 6.07) is 4.37. The van der Waals surface area contributed by atoms with Crippen molar-refractivity contribution in [3.05, 3.63) is 52.8 Å². The standard InChI is InChI=1S/C12H8ClF2N3O/c13-11-3-6(1-2-17-11)18-12(19)7-4-10(16)9(15)5-8(7)14/h1-5H,16H2,(H,17,18,19). The molecule has 0 unspecified atom stereocenters. The van der Waals surface area contributed by atoms with Crippen LogP contribution in [0.3, 0.4) is 0 Å². The number of nitrogens with zero attached hydrogens (tertiary/aromatic N) is 1. The Kier molecular flexibility index (Phi) is 3.62. The molecular formula is C12H8ClF2N3O. The van der Waals surface area contributed by atoms with E-state index in [9.17, 15) is 13.6 Å². The molecule has 19 heavy (non-hydrogen) atoms. The summed E-state index contributed by atoms with van der Waals surface area (Å²) in [4.78, 5) is 15.6. The average Bonchev–Trinajstić information content (AvgIpc) is 2.33. The quantitative estimate of drug-likeness (QED) is 0.658. The number of carbonyl (C=O) groups is 1. The molecule has 7 heteroatoms. The fraction of sp³-hybridized carbons (Fsp3) is 0. The van der Waals surface area contributed by atoms with Gasteiger partial charge >= 0.3 is 0 Å². The van der Waals surface area contributed by atoms with E-state index in [0.29, 0.717) is 11.8 Å². The van der Waals surface area contributed by atoms with Crippen molar-refractivity contribution >= 4 is 28.9 Å². The van der Waals surface area contributed by atoms with Gasteiger partial charge in [-0.05, 0) is 18.2 Å². The van der Waals surface area contributed by atoms with Gasteiger partial charge in [0, 0.05) is 18.0 Å². The van der Waals surface area contributed by atoms with E-state index in [1.165, 1.54) is 18.3 Å². The first kappa shape index (κ1) is 13.2. The lowest BCUT2D eigenvalue weighted by Gasteiger charge is -2.07. The van der Waals surface area contributed by atoms with Gasteiger partial charge in [0.25, 0.3) is 5.91 Å². The molecule has 0 spiro atoms. The average molecular weight is 284 g/mol. The maximum Gasteiger partial charge on any atom is 0.258 e. The van der Waals surface area contributed by atoms with Crippen LogP contribution in [0.25, 0.3) is 0 Å². The molecule has 2 rings (SSSR count). The Labute approximate surface area is 112 Å². The van der Waals surface area contributed by atoms with Crippen LogP contribution in [0.2, 0.25) is 5.15 Å². The second-order valence-corrected chi connectivity index (χ2v) is 4.06. The molecule has 2 aromatic rings. The van der Waals surface area contributed by atoms with E-state index in [2.05, 4.69) is 10.3 Å². The first-order valence-electron chi connectivity index (χ1n) is 5.15. The number of pyridine rings is 1. The number of benzene rings is 1. The van der Waals surface area contributed by atoms with Crippen LogP contribution in [-0.4, -0.2) is 10.9 Å². The number of halogens is 3. The van der Waals surface area contributed by atoms with E-state index in [4.69, 9.17) is 17.3 Å². The Morgan fingerprint density at radius 3 is 2.68 bits per heavy atom. The van der Waals surface area contributed by atoms with Crippen molar-refractivity contribution in [2.24, 2.45) is 0 Å². The number of anilines is 2. The number of rotatable bonds is 2. The molecule has 1 heterocycles. The zero-order chi connectivity index (χ0) is 14.0. The summed E-state index contributed by atoms with van der Waals surface area (Å²) in [7, 11) is 0. The highest BCUT2D eigenvalue weighted by Crippen LogP contribution is 2.19. The summed E-state index contributed by atoms with van der Waals surface area (Å²) in [6.07, 6.45) is 1.38. The van der Waals surface area contributed by atoms with Crippen LogP contribution in [0.5, 0.6) is 0 Å². The van der Waals surface area contributed by atoms with E-state index in [1.54, 1.807) is 0 Å². The van der Waals surface area contributed by atoms with E-state index >= 15 is 0 Å². The number of nitrogen functional groups attached to an aromatic ring is 1. The van der Waals surface area contributed by atoms with Crippen molar-refractivity contribution in [3.8, 4) is 0 Å². The second kappa shape index (κ2) is 5.19. The Bertz CT molecular complexity index is 649. The lowest BCUT2D eigenvalue weighted by Crippen LogP contribution is -2.14. The molecule has 1 aromatic heterocycles. The predicted octanol–water partition coefficient (Wildman–Crippen LogP) is 2.85. The zero-order valence-electron chi connectivity index (χ0n) is 9.45. The minimum absolute atomic E-state index is 0.178. The molecule has 0 bridgehead atoms. The van der Waals surface area contributed by atoms with Crippen molar-refractivity contribution in [3.63, 3.8) is 0 Å². The third kappa shape index (κ3) is 2.97. The maximum atomic E-state index is 13.5. The van der Waals surface area contributed by atoms with Crippen LogP contribution in [0, 0.1) is 11.6 Å². The van der Waals surface area contributed by atoms with Crippen LogP contribution < -0.4 is 11.1 Å². The summed E-state index contributed by atoms with van der Waals surface area (Å²) in [5, 5.41) is 2.58. The van der Waals surface area contributed by atoms with Gasteiger partial charge in [-0.2, -0.15) is 0 Å². The van der Waals surface area contributed by atoms with Gasteiger partial charge in [0.1, 0.15) is 16.8 Å². The van der Waals surface area contributed by atoms with Gasteiger partial charge in [0.2, 0.25) is 0 Å². The molecule has 0 aliphatic carbocycles. The van der Waals surface area contributed by atoms with Crippen molar-refractivity contribution in [1.82, 2.24) is 4.98 Å². The van der Waals surface area contributed by atoms with Crippen LogP contribution in [0.15, 0.2) is 30.5 Å². The topological polar surface area (TPSA) is 68.0 Å². The van der Waals surface area contributed by atoms with E-state index in [-0.39, 0.29) is 16.4 Å². The molecule has 0 atom stereocenters. The first-order valence-corrected chi connectivity index (χ1v) is 5.52. The fourth-order valence-corrected chi connectivity index (χ4v) is 1.59. The molecule has 1 aromatic carbocycles. The number of hydrogen-bond donors (Lipinski definition) is 2. The van der Waals surface area contributed by atoms with Gasteiger partial charge in [0.15, 0.2) is 0 Å². The summed E-state index contributed by atoms with van der Waals surface area (Å²) in [5.41, 5.74) is 4.97. The summed E-state index contributed by atoms with van der Waals surface area (Å²) in [5.74, 6) is -2.67. The van der Waals surface area contributed by atoms with E-state index < -0.39 is 17.5 Å². The lowest BCUT2D eigenvalue weighted by atomic mass is 10.1. The molecule has 1 amide bonds. The first-order chi connectivity index (χ1) is 8.97. The lowest BCUT2D eigenvalue weighted by molar-refractivity contribution is 0.102. The molecule has 0 saturated heterocycles. The van der Waals surface area contributed by atoms with E-state index in [1.807, 2.05) is 0 Å². The normalized spacial score (nSPS) is 10.3. The molecule has 0 radical (unpaired) electrons. The Hall–Kier alpha value is -2.21. The molecule has 0 fully saturated rings. The van der Waals surface area contributed by atoms with Gasteiger partial charge in [-0.3, -0.25) is 4.79 Å². The molecule has 0 aliphatic rings. The fourth-order valence-electron chi connectivity index (χ4n) is 1.42.